The highest BCUT2D eigenvalue weighted by molar-refractivity contribution is 7.89. The van der Waals surface area contributed by atoms with Crippen LogP contribution < -0.4 is 9.62 Å². The van der Waals surface area contributed by atoms with Crippen LogP contribution in [0.5, 0.6) is 0 Å². The second-order valence-electron chi connectivity index (χ2n) is 9.25. The number of anilines is 1. The minimum atomic E-state index is -4.82. The number of amides is 1. The molecule has 4 saturated heterocycles. The van der Waals surface area contributed by atoms with Gasteiger partial charge in [0.15, 0.2) is 0 Å². The minimum absolute atomic E-state index is 0.0349. The molecule has 1 spiro atoms. The van der Waals surface area contributed by atoms with Crippen LogP contribution in [0.25, 0.3) is 0 Å². The van der Waals surface area contributed by atoms with Crippen LogP contribution >= 0.6 is 0 Å². The molecule has 4 aliphatic rings. The van der Waals surface area contributed by atoms with Crippen LogP contribution in [0.3, 0.4) is 0 Å². The van der Waals surface area contributed by atoms with Crippen molar-refractivity contribution in [3.05, 3.63) is 29.3 Å². The molecule has 2 bridgehead atoms. The molecule has 184 valence electrons. The van der Waals surface area contributed by atoms with Gasteiger partial charge < -0.3 is 14.6 Å². The number of hydrogen-bond acceptors (Lipinski definition) is 7. The lowest BCUT2D eigenvalue weighted by Gasteiger charge is -2.46. The van der Waals surface area contributed by atoms with Gasteiger partial charge in [-0.05, 0) is 32.0 Å². The summed E-state index contributed by atoms with van der Waals surface area (Å²) in [6, 6.07) is 3.44. The summed E-state index contributed by atoms with van der Waals surface area (Å²) in [4.78, 5) is 14.7. The summed E-state index contributed by atoms with van der Waals surface area (Å²) in [5.41, 5.74) is -4.60. The highest BCUT2D eigenvalue weighted by Gasteiger charge is 2.81. The Morgan fingerprint density at radius 3 is 2.71 bits per heavy atom. The van der Waals surface area contributed by atoms with Gasteiger partial charge in [-0.3, -0.25) is 9.69 Å². The predicted molar refractivity (Wildman–Crippen MR) is 110 cm³/mol. The first-order valence-electron chi connectivity index (χ1n) is 10.7. The van der Waals surface area contributed by atoms with Gasteiger partial charge >= 0.3 is 6.18 Å². The molecule has 5 rings (SSSR count). The number of carbonyl (C=O) groups excluding carboxylic acids is 1. The number of aliphatic hydroxyl groups is 1. The van der Waals surface area contributed by atoms with Gasteiger partial charge in [0.1, 0.15) is 17.9 Å². The van der Waals surface area contributed by atoms with Gasteiger partial charge in [0.25, 0.3) is 0 Å². The quantitative estimate of drug-likeness (QED) is 0.633. The summed E-state index contributed by atoms with van der Waals surface area (Å²) >= 11 is 0. The number of aliphatic hydroxyl groups excluding tert-OH is 1. The molecule has 34 heavy (non-hydrogen) atoms. The number of nitrogens with zero attached hydrogens (tertiary/aromatic N) is 2. The van der Waals surface area contributed by atoms with E-state index in [-0.39, 0.29) is 24.5 Å². The van der Waals surface area contributed by atoms with Crippen LogP contribution in [0, 0.1) is 23.2 Å². The average Bonchev–Trinajstić information content (AvgIpc) is 3.31. The molecule has 9 nitrogen and oxygen atoms in total. The van der Waals surface area contributed by atoms with Crippen molar-refractivity contribution in [3.63, 3.8) is 0 Å². The molecule has 0 radical (unpaired) electrons. The first kappa shape index (κ1) is 23.5. The number of nitrogens with one attached hydrogen (secondary N) is 1. The molecule has 7 atom stereocenters. The van der Waals surface area contributed by atoms with E-state index in [9.17, 15) is 31.5 Å². The summed E-state index contributed by atoms with van der Waals surface area (Å²) in [5.74, 6) is -2.50. The smallest absolute Gasteiger partial charge is 0.388 e. The molecule has 13 heteroatoms. The molecule has 1 aromatic carbocycles. The maximum atomic E-state index is 13.6. The Morgan fingerprint density at radius 2 is 2.09 bits per heavy atom. The van der Waals surface area contributed by atoms with E-state index in [0.29, 0.717) is 0 Å². The Balaban J connectivity index is 1.61. The summed E-state index contributed by atoms with van der Waals surface area (Å²) in [6.07, 6.45) is -7.01. The highest BCUT2D eigenvalue weighted by atomic mass is 32.2. The topological polar surface area (TPSA) is 129 Å². The second-order valence-corrected chi connectivity index (χ2v) is 11.3. The van der Waals surface area contributed by atoms with E-state index < -0.39 is 74.6 Å². The monoisotopic (exact) mass is 501 g/mol. The lowest BCUT2D eigenvalue weighted by atomic mass is 9.63. The maximum Gasteiger partial charge on any atom is 0.417 e. The molecule has 1 amide bonds. The number of alkyl halides is 3. The Morgan fingerprint density at radius 1 is 1.38 bits per heavy atom. The number of nitriles is 1. The second kappa shape index (κ2) is 7.14. The fraction of sp³-hybridized carbons (Fsp3) is 0.619. The first-order valence-corrected chi connectivity index (χ1v) is 12.4. The van der Waals surface area contributed by atoms with Crippen molar-refractivity contribution in [2.24, 2.45) is 11.8 Å². The van der Waals surface area contributed by atoms with Crippen molar-refractivity contribution in [2.45, 2.75) is 56.0 Å². The normalized spacial score (nSPS) is 38.8. The van der Waals surface area contributed by atoms with Gasteiger partial charge in [-0.2, -0.15) is 18.4 Å². The van der Waals surface area contributed by atoms with Crippen LogP contribution in [-0.4, -0.2) is 61.4 Å². The molecule has 2 N–H and O–H groups in total. The molecule has 4 aliphatic heterocycles. The van der Waals surface area contributed by atoms with E-state index in [0.717, 1.165) is 17.0 Å². The maximum absolute atomic E-state index is 13.6. The fourth-order valence-electron chi connectivity index (χ4n) is 6.15. The van der Waals surface area contributed by atoms with E-state index in [2.05, 4.69) is 4.72 Å². The number of rotatable bonds is 4. The van der Waals surface area contributed by atoms with Gasteiger partial charge in [-0.1, -0.05) is 0 Å². The third-order valence-corrected chi connectivity index (χ3v) is 8.99. The highest BCUT2D eigenvalue weighted by Crippen LogP contribution is 2.65. The van der Waals surface area contributed by atoms with Crippen LogP contribution in [-0.2, 0) is 30.5 Å². The number of carbonyl (C=O) groups is 1. The Labute approximate surface area is 193 Å². The van der Waals surface area contributed by atoms with Crippen LogP contribution in [0.2, 0.25) is 0 Å². The average molecular weight is 501 g/mol. The SMILES string of the molecule is CCS(=O)(=O)N[C@@H]1[C@@H](O)[C@@]2(C)O[C@@]13CCO[C@H]1[C@@H]3[C@@H]2C(=O)N1c1ccc(C#N)c(C(F)(F)F)c1. The van der Waals surface area contributed by atoms with Crippen LogP contribution in [0.15, 0.2) is 18.2 Å². The molecule has 0 aromatic heterocycles. The molecular formula is C21H22F3N3O6S. The zero-order valence-electron chi connectivity index (χ0n) is 18.2. The van der Waals surface area contributed by atoms with E-state index in [4.69, 9.17) is 14.7 Å². The van der Waals surface area contributed by atoms with Crippen molar-refractivity contribution in [3.8, 4) is 6.07 Å². The van der Waals surface area contributed by atoms with Crippen LogP contribution in [0.1, 0.15) is 31.4 Å². The molecule has 1 aromatic rings. The lowest BCUT2D eigenvalue weighted by Crippen LogP contribution is -2.66. The molecule has 0 saturated carbocycles. The zero-order chi connectivity index (χ0) is 24.8. The van der Waals surface area contributed by atoms with Gasteiger partial charge in [0.05, 0.1) is 47.1 Å². The van der Waals surface area contributed by atoms with E-state index in [1.54, 1.807) is 0 Å². The van der Waals surface area contributed by atoms with Crippen molar-refractivity contribution in [1.82, 2.24) is 4.72 Å². The molecule has 0 aliphatic carbocycles. The van der Waals surface area contributed by atoms with Gasteiger partial charge in [0.2, 0.25) is 15.9 Å². The summed E-state index contributed by atoms with van der Waals surface area (Å²) in [5, 5.41) is 20.2. The number of hydrogen-bond donors (Lipinski definition) is 2. The standard InChI is InChI=1S/C21H22F3N3O6S/c1-3-34(30,31)26-15-16(28)19(2)13-14-18(32-7-6-20(14,15)33-19)27(17(13)29)11-5-4-10(9-25)12(8-11)21(22,23)24/h4-5,8,13-16,18,26,28H,3,6-7H2,1-2H3/t13-,14+,15-,16-,18+,19+,20-/m1/s1. The van der Waals surface area contributed by atoms with Crippen LogP contribution in [0.4, 0.5) is 18.9 Å². The summed E-state index contributed by atoms with van der Waals surface area (Å²) in [7, 11) is -3.75. The minimum Gasteiger partial charge on any atom is -0.388 e. The third-order valence-electron chi connectivity index (χ3n) is 7.62. The molecule has 4 fully saturated rings. The Bertz CT molecular complexity index is 1220. The van der Waals surface area contributed by atoms with E-state index in [1.165, 1.54) is 26.0 Å². The zero-order valence-corrected chi connectivity index (χ0v) is 19.0. The van der Waals surface area contributed by atoms with Crippen molar-refractivity contribution < 1.29 is 41.0 Å². The first-order chi connectivity index (χ1) is 15.8. The number of fused-ring (bicyclic) bond motifs is 2. The van der Waals surface area contributed by atoms with E-state index >= 15 is 0 Å². The molecule has 4 heterocycles. The van der Waals surface area contributed by atoms with Gasteiger partial charge in [0, 0.05) is 18.0 Å². The fourth-order valence-corrected chi connectivity index (χ4v) is 7.04. The Hall–Kier alpha value is -2.24. The van der Waals surface area contributed by atoms with Crippen molar-refractivity contribution in [1.29, 1.82) is 5.26 Å². The summed E-state index contributed by atoms with van der Waals surface area (Å²) < 4.78 is 80.0. The number of halogens is 3. The largest absolute Gasteiger partial charge is 0.417 e. The third kappa shape index (κ3) is 2.92. The van der Waals surface area contributed by atoms with E-state index in [1.807, 2.05) is 0 Å². The molecule has 0 unspecified atom stereocenters. The molecular weight excluding hydrogens is 479 g/mol. The summed E-state index contributed by atoms with van der Waals surface area (Å²) in [6.45, 7) is 3.00. The number of sulfonamides is 1. The van der Waals surface area contributed by atoms with Gasteiger partial charge in [-0.25, -0.2) is 13.1 Å². The van der Waals surface area contributed by atoms with Crippen molar-refractivity contribution >= 4 is 21.6 Å². The Kier molecular flexibility index (Phi) is 4.94. The van der Waals surface area contributed by atoms with Gasteiger partial charge in [-0.15, -0.1) is 0 Å². The van der Waals surface area contributed by atoms with Crippen molar-refractivity contribution in [2.75, 3.05) is 17.3 Å². The predicted octanol–water partition coefficient (Wildman–Crippen LogP) is 1.11. The number of benzene rings is 1. The lowest BCUT2D eigenvalue weighted by molar-refractivity contribution is -0.145. The number of ether oxygens (including phenoxy) is 2.